The normalized spacial score (nSPS) is 15.0. The maximum absolute atomic E-state index is 2.37. The summed E-state index contributed by atoms with van der Waals surface area (Å²) in [5.41, 5.74) is 3.12. The molecule has 0 amide bonds. The number of aryl methyl sites for hydroxylation is 2. The Morgan fingerprint density at radius 1 is 0.524 bits per heavy atom. The minimum atomic E-state index is -1.54. The van der Waals surface area contributed by atoms with Gasteiger partial charge in [0.2, 0.25) is 0 Å². The Labute approximate surface area is 133 Å². The first-order valence-electron chi connectivity index (χ1n) is 7.34. The fourth-order valence-electron chi connectivity index (χ4n) is 2.93. The summed E-state index contributed by atoms with van der Waals surface area (Å²) in [6.45, 7) is 0. The first-order chi connectivity index (χ1) is 10.4. The third kappa shape index (κ3) is 2.40. The van der Waals surface area contributed by atoms with E-state index in [0.717, 1.165) is 0 Å². The fourth-order valence-corrected chi connectivity index (χ4v) is 9.45. The van der Waals surface area contributed by atoms with E-state index in [1.54, 1.807) is 21.8 Å². The van der Waals surface area contributed by atoms with E-state index in [2.05, 4.69) is 78.9 Å². The van der Waals surface area contributed by atoms with Gasteiger partial charge < -0.3 is 0 Å². The summed E-state index contributed by atoms with van der Waals surface area (Å²) in [5, 5.41) is 0. The summed E-state index contributed by atoms with van der Waals surface area (Å²) in [4.78, 5) is 0. The third-order valence-electron chi connectivity index (χ3n) is 3.94. The monoisotopic (exact) mass is 384 g/mol. The van der Waals surface area contributed by atoms with Crippen molar-refractivity contribution in [3.8, 4) is 0 Å². The van der Waals surface area contributed by atoms with Crippen LogP contribution in [0.1, 0.15) is 11.1 Å². The van der Waals surface area contributed by atoms with Gasteiger partial charge in [0.1, 0.15) is 0 Å². The second-order valence-corrected chi connectivity index (χ2v) is 10.4. The molecule has 1 heteroatoms. The molecule has 0 N–H and O–H groups in total. The Morgan fingerprint density at radius 3 is 1.57 bits per heavy atom. The van der Waals surface area contributed by atoms with Gasteiger partial charge in [-0.15, -0.1) is 0 Å². The minimum absolute atomic E-state index is 1.17. The molecule has 21 heavy (non-hydrogen) atoms. The Hall–Kier alpha value is -1.61. The predicted octanol–water partition coefficient (Wildman–Crippen LogP) is 5.20. The second-order valence-electron chi connectivity index (χ2n) is 5.26. The van der Waals surface area contributed by atoms with E-state index < -0.39 is 19.8 Å². The Morgan fingerprint density at radius 2 is 1.00 bits per heavy atom. The van der Waals surface area contributed by atoms with Crippen molar-refractivity contribution in [3.63, 3.8) is 0 Å². The van der Waals surface area contributed by atoms with Gasteiger partial charge in [0.05, 0.1) is 0 Å². The summed E-state index contributed by atoms with van der Waals surface area (Å²) in [7, 11) is 0. The van der Waals surface area contributed by atoms with Crippen LogP contribution in [0.5, 0.6) is 0 Å². The topological polar surface area (TPSA) is 0 Å². The average Bonchev–Trinajstić information content (AvgIpc) is 2.72. The molecule has 1 heterocycles. The summed E-state index contributed by atoms with van der Waals surface area (Å²) >= 11 is -1.54. The van der Waals surface area contributed by atoms with Crippen LogP contribution in [0.2, 0.25) is 0 Å². The first kappa shape index (κ1) is 13.1. The number of hydrogen-bond donors (Lipinski definition) is 0. The maximum atomic E-state index is 2.37. The van der Waals surface area contributed by atoms with Crippen molar-refractivity contribution < 1.29 is 0 Å². The van der Waals surface area contributed by atoms with Crippen LogP contribution < -0.4 is 0 Å². The van der Waals surface area contributed by atoms with Crippen LogP contribution in [-0.2, 0) is 12.8 Å². The van der Waals surface area contributed by atoms with Crippen molar-refractivity contribution in [2.45, 2.75) is 12.8 Å². The van der Waals surface area contributed by atoms with E-state index in [4.69, 9.17) is 0 Å². The molecule has 3 aromatic rings. The molecule has 0 unspecified atom stereocenters. The molecule has 0 spiro atoms. The average molecular weight is 384 g/mol. The van der Waals surface area contributed by atoms with Gasteiger partial charge >= 0.3 is 133 Å². The van der Waals surface area contributed by atoms with E-state index in [0.29, 0.717) is 0 Å². The number of benzene rings is 3. The summed E-state index contributed by atoms with van der Waals surface area (Å²) in [6.07, 6.45) is 2.35. The Balaban J connectivity index is 1.99. The van der Waals surface area contributed by atoms with Gasteiger partial charge in [-0.2, -0.15) is 0 Å². The van der Waals surface area contributed by atoms with E-state index in [-0.39, 0.29) is 0 Å². The molecule has 1 aliphatic heterocycles. The van der Waals surface area contributed by atoms with E-state index in [1.807, 2.05) is 0 Å². The van der Waals surface area contributed by atoms with Gasteiger partial charge in [-0.05, 0) is 0 Å². The standard InChI is InChI=1S/C20H17I/c1-2-10-18(11-3-1)21-19-12-6-4-8-16(19)14-15-17-9-5-7-13-20(17)21/h1-13H,14-15H2. The van der Waals surface area contributed by atoms with Crippen molar-refractivity contribution in [1.82, 2.24) is 0 Å². The van der Waals surface area contributed by atoms with Crippen LogP contribution in [0.25, 0.3) is 0 Å². The first-order valence-corrected chi connectivity index (χ1v) is 10.6. The van der Waals surface area contributed by atoms with Gasteiger partial charge in [0.15, 0.2) is 0 Å². The fraction of sp³-hybridized carbons (Fsp3) is 0.100. The number of hydrogen-bond acceptors (Lipinski definition) is 0. The molecule has 0 atom stereocenters. The van der Waals surface area contributed by atoms with Crippen LogP contribution in [0.15, 0.2) is 78.9 Å². The van der Waals surface area contributed by atoms with E-state index in [9.17, 15) is 0 Å². The van der Waals surface area contributed by atoms with E-state index in [1.165, 1.54) is 12.8 Å². The van der Waals surface area contributed by atoms with Crippen LogP contribution >= 0.6 is 19.8 Å². The molecule has 0 saturated heterocycles. The molecule has 0 bridgehead atoms. The van der Waals surface area contributed by atoms with Crippen molar-refractivity contribution in [1.29, 1.82) is 0 Å². The van der Waals surface area contributed by atoms with Crippen molar-refractivity contribution in [3.05, 3.63) is 101 Å². The Bertz CT molecular complexity index is 714. The molecule has 0 nitrogen and oxygen atoms in total. The molecule has 3 aromatic carbocycles. The quantitative estimate of drug-likeness (QED) is 0.506. The van der Waals surface area contributed by atoms with Crippen molar-refractivity contribution in [2.75, 3.05) is 0 Å². The zero-order chi connectivity index (χ0) is 14.1. The molecule has 0 radical (unpaired) electrons. The van der Waals surface area contributed by atoms with Crippen LogP contribution in [-0.4, -0.2) is 0 Å². The van der Waals surface area contributed by atoms with Gasteiger partial charge in [-0.3, -0.25) is 0 Å². The molecular formula is C20H17I. The van der Waals surface area contributed by atoms with Gasteiger partial charge in [0.25, 0.3) is 0 Å². The molecule has 0 aliphatic carbocycles. The molecule has 0 fully saturated rings. The van der Waals surface area contributed by atoms with Crippen molar-refractivity contribution in [2.24, 2.45) is 0 Å². The van der Waals surface area contributed by atoms with Crippen molar-refractivity contribution >= 4 is 19.8 Å². The summed E-state index contributed by atoms with van der Waals surface area (Å²) in [6, 6.07) is 29.3. The van der Waals surface area contributed by atoms with Crippen LogP contribution in [0.3, 0.4) is 0 Å². The molecule has 4 rings (SSSR count). The predicted molar refractivity (Wildman–Crippen MR) is 96.8 cm³/mol. The molecular weight excluding hydrogens is 367 g/mol. The van der Waals surface area contributed by atoms with Gasteiger partial charge in [-0.25, -0.2) is 0 Å². The molecule has 0 saturated carbocycles. The SMILES string of the molecule is c1ccc(I2c3ccccc3CCc3ccccc32)cc1. The van der Waals surface area contributed by atoms with Gasteiger partial charge in [-0.1, -0.05) is 0 Å². The summed E-state index contributed by atoms with van der Waals surface area (Å²) < 4.78 is 4.79. The zero-order valence-corrected chi connectivity index (χ0v) is 14.0. The van der Waals surface area contributed by atoms with Gasteiger partial charge in [0, 0.05) is 0 Å². The molecule has 1 aliphatic rings. The van der Waals surface area contributed by atoms with Crippen LogP contribution in [0, 0.1) is 10.7 Å². The number of rotatable bonds is 1. The zero-order valence-electron chi connectivity index (χ0n) is 11.8. The summed E-state index contributed by atoms with van der Waals surface area (Å²) in [5.74, 6) is 0. The number of fused-ring (bicyclic) bond motifs is 2. The van der Waals surface area contributed by atoms with E-state index >= 15 is 0 Å². The molecule has 0 aromatic heterocycles. The third-order valence-corrected chi connectivity index (χ3v) is 10.3. The molecule has 104 valence electrons. The Kier molecular flexibility index (Phi) is 3.52. The number of halogens is 1. The van der Waals surface area contributed by atoms with Crippen LogP contribution in [0.4, 0.5) is 0 Å². The second kappa shape index (κ2) is 5.64.